The molecule has 1 saturated carbocycles. The number of aliphatic imine (C=N–C) groups is 1. The average molecular weight is 436 g/mol. The summed E-state index contributed by atoms with van der Waals surface area (Å²) < 4.78 is 0. The molecule has 4 N–H and O–H groups in total. The van der Waals surface area contributed by atoms with E-state index in [2.05, 4.69) is 63.5 Å². The SMILES string of the molecule is CN=C(NCCc1cccc(C(=O)NC)c1)NCC1(NC(C)c2ccccc2)CCCC1. The fraction of sp³-hybridized carbons (Fsp3) is 0.462. The molecule has 0 heterocycles. The number of guanidine groups is 1. The second-order valence-corrected chi connectivity index (χ2v) is 8.65. The third-order valence-corrected chi connectivity index (χ3v) is 6.32. The number of nitrogens with one attached hydrogen (secondary N) is 4. The second kappa shape index (κ2) is 11.7. The number of hydrogen-bond donors (Lipinski definition) is 4. The maximum Gasteiger partial charge on any atom is 0.251 e. The highest BCUT2D eigenvalue weighted by Gasteiger charge is 2.35. The number of carbonyl (C=O) groups excluding carboxylic acids is 1. The number of benzene rings is 2. The van der Waals surface area contributed by atoms with E-state index >= 15 is 0 Å². The highest BCUT2D eigenvalue weighted by Crippen LogP contribution is 2.31. The Morgan fingerprint density at radius 1 is 1.06 bits per heavy atom. The lowest BCUT2D eigenvalue weighted by Gasteiger charge is -2.35. The first kappa shape index (κ1) is 23.8. The van der Waals surface area contributed by atoms with E-state index in [1.165, 1.54) is 31.2 Å². The summed E-state index contributed by atoms with van der Waals surface area (Å²) in [6.07, 6.45) is 5.66. The van der Waals surface area contributed by atoms with Gasteiger partial charge in [0.1, 0.15) is 0 Å². The van der Waals surface area contributed by atoms with Gasteiger partial charge in [-0.2, -0.15) is 0 Å². The molecule has 0 aromatic heterocycles. The van der Waals surface area contributed by atoms with Crippen LogP contribution in [0.1, 0.15) is 60.1 Å². The molecule has 0 spiro atoms. The minimum absolute atomic E-state index is 0.0589. The van der Waals surface area contributed by atoms with Gasteiger partial charge < -0.3 is 21.3 Å². The smallest absolute Gasteiger partial charge is 0.251 e. The van der Waals surface area contributed by atoms with E-state index in [1.807, 2.05) is 31.3 Å². The number of amides is 1. The van der Waals surface area contributed by atoms with E-state index in [-0.39, 0.29) is 11.4 Å². The van der Waals surface area contributed by atoms with E-state index in [1.54, 1.807) is 7.05 Å². The molecule has 0 aliphatic heterocycles. The molecule has 2 aromatic carbocycles. The lowest BCUT2D eigenvalue weighted by atomic mass is 9.94. The Bertz CT molecular complexity index is 890. The van der Waals surface area contributed by atoms with Crippen molar-refractivity contribution >= 4 is 11.9 Å². The summed E-state index contributed by atoms with van der Waals surface area (Å²) in [4.78, 5) is 16.3. The second-order valence-electron chi connectivity index (χ2n) is 8.65. The van der Waals surface area contributed by atoms with Gasteiger partial charge in [-0.25, -0.2) is 0 Å². The van der Waals surface area contributed by atoms with Gasteiger partial charge in [0, 0.05) is 44.3 Å². The molecular weight excluding hydrogens is 398 g/mol. The predicted octanol–water partition coefficient (Wildman–Crippen LogP) is 3.42. The van der Waals surface area contributed by atoms with Crippen molar-refractivity contribution in [3.63, 3.8) is 0 Å². The molecule has 1 fully saturated rings. The van der Waals surface area contributed by atoms with Crippen LogP contribution in [0.15, 0.2) is 59.6 Å². The van der Waals surface area contributed by atoms with Crippen LogP contribution < -0.4 is 21.3 Å². The molecule has 1 aliphatic carbocycles. The Morgan fingerprint density at radius 3 is 2.50 bits per heavy atom. The molecule has 1 unspecified atom stereocenters. The van der Waals surface area contributed by atoms with Crippen LogP contribution in [0.5, 0.6) is 0 Å². The van der Waals surface area contributed by atoms with Gasteiger partial charge in [-0.15, -0.1) is 0 Å². The summed E-state index contributed by atoms with van der Waals surface area (Å²) in [5.41, 5.74) is 3.21. The maximum atomic E-state index is 11.8. The Labute approximate surface area is 192 Å². The van der Waals surface area contributed by atoms with Gasteiger partial charge in [0.15, 0.2) is 5.96 Å². The Kier molecular flexibility index (Phi) is 8.68. The topological polar surface area (TPSA) is 77.5 Å². The van der Waals surface area contributed by atoms with Crippen LogP contribution in [0.2, 0.25) is 0 Å². The first-order valence-electron chi connectivity index (χ1n) is 11.6. The largest absolute Gasteiger partial charge is 0.356 e. The number of hydrogen-bond acceptors (Lipinski definition) is 3. The van der Waals surface area contributed by atoms with Gasteiger partial charge in [0.2, 0.25) is 0 Å². The molecule has 1 amide bonds. The summed E-state index contributed by atoms with van der Waals surface area (Å²) >= 11 is 0. The molecule has 1 aliphatic rings. The van der Waals surface area contributed by atoms with Crippen molar-refractivity contribution in [2.24, 2.45) is 4.99 Å². The van der Waals surface area contributed by atoms with E-state index in [4.69, 9.17) is 0 Å². The van der Waals surface area contributed by atoms with Crippen LogP contribution >= 0.6 is 0 Å². The van der Waals surface area contributed by atoms with Crippen molar-refractivity contribution < 1.29 is 4.79 Å². The molecule has 172 valence electrons. The molecule has 6 heteroatoms. The fourth-order valence-corrected chi connectivity index (χ4v) is 4.52. The van der Waals surface area contributed by atoms with Gasteiger partial charge >= 0.3 is 0 Å². The first-order valence-corrected chi connectivity index (χ1v) is 11.6. The zero-order valence-corrected chi connectivity index (χ0v) is 19.6. The van der Waals surface area contributed by atoms with Crippen LogP contribution in [0, 0.1) is 0 Å². The molecule has 32 heavy (non-hydrogen) atoms. The van der Waals surface area contributed by atoms with Crippen molar-refractivity contribution in [1.29, 1.82) is 0 Å². The summed E-state index contributed by atoms with van der Waals surface area (Å²) in [5.74, 6) is 0.754. The first-order chi connectivity index (χ1) is 15.5. The van der Waals surface area contributed by atoms with Crippen LogP contribution in [0.4, 0.5) is 0 Å². The monoisotopic (exact) mass is 435 g/mol. The Morgan fingerprint density at radius 2 is 1.81 bits per heavy atom. The molecule has 0 radical (unpaired) electrons. The lowest BCUT2D eigenvalue weighted by molar-refractivity contribution is 0.0963. The number of nitrogens with zero attached hydrogens (tertiary/aromatic N) is 1. The van der Waals surface area contributed by atoms with E-state index in [9.17, 15) is 4.79 Å². The van der Waals surface area contributed by atoms with Gasteiger partial charge in [-0.05, 0) is 49.4 Å². The van der Waals surface area contributed by atoms with Crippen LogP contribution in [0.3, 0.4) is 0 Å². The van der Waals surface area contributed by atoms with Gasteiger partial charge in [-0.1, -0.05) is 55.3 Å². The van der Waals surface area contributed by atoms with Crippen LogP contribution in [-0.4, -0.2) is 44.6 Å². The normalized spacial score (nSPS) is 16.4. The average Bonchev–Trinajstić information content (AvgIpc) is 3.30. The highest BCUT2D eigenvalue weighted by molar-refractivity contribution is 5.94. The van der Waals surface area contributed by atoms with Crippen molar-refractivity contribution in [2.45, 2.75) is 50.6 Å². The molecule has 3 rings (SSSR count). The van der Waals surface area contributed by atoms with Crippen molar-refractivity contribution in [3.8, 4) is 0 Å². The van der Waals surface area contributed by atoms with Gasteiger partial charge in [0.25, 0.3) is 5.91 Å². The van der Waals surface area contributed by atoms with Gasteiger partial charge in [0.05, 0.1) is 0 Å². The third-order valence-electron chi connectivity index (χ3n) is 6.32. The standard InChI is InChI=1S/C26H37N5O/c1-20(22-11-5-4-6-12-22)31-26(15-7-8-16-26)19-30-25(28-3)29-17-14-21-10-9-13-23(18-21)24(32)27-2/h4-6,9-13,18,20,31H,7-8,14-17,19H2,1-3H3,(H,27,32)(H2,28,29,30). The van der Waals surface area contributed by atoms with E-state index in [0.29, 0.717) is 11.6 Å². The zero-order valence-electron chi connectivity index (χ0n) is 19.6. The fourth-order valence-electron chi connectivity index (χ4n) is 4.52. The molecular formula is C26H37N5O. The Hall–Kier alpha value is -2.86. The van der Waals surface area contributed by atoms with Gasteiger partial charge in [-0.3, -0.25) is 9.79 Å². The van der Waals surface area contributed by atoms with E-state index in [0.717, 1.165) is 31.0 Å². The van der Waals surface area contributed by atoms with Crippen molar-refractivity contribution in [2.75, 3.05) is 27.2 Å². The van der Waals surface area contributed by atoms with Crippen molar-refractivity contribution in [1.82, 2.24) is 21.3 Å². The summed E-state index contributed by atoms with van der Waals surface area (Å²) in [5, 5.41) is 13.5. The summed E-state index contributed by atoms with van der Waals surface area (Å²) in [7, 11) is 3.46. The minimum atomic E-state index is -0.0589. The van der Waals surface area contributed by atoms with E-state index < -0.39 is 0 Å². The third kappa shape index (κ3) is 6.57. The molecule has 2 aromatic rings. The number of rotatable bonds is 9. The van der Waals surface area contributed by atoms with Crippen LogP contribution in [-0.2, 0) is 6.42 Å². The zero-order chi connectivity index (χ0) is 22.8. The minimum Gasteiger partial charge on any atom is -0.356 e. The predicted molar refractivity (Wildman–Crippen MR) is 132 cm³/mol. The quantitative estimate of drug-likeness (QED) is 0.360. The molecule has 0 saturated heterocycles. The molecule has 0 bridgehead atoms. The molecule has 6 nitrogen and oxygen atoms in total. The molecule has 1 atom stereocenters. The number of carbonyl (C=O) groups is 1. The van der Waals surface area contributed by atoms with Crippen LogP contribution in [0.25, 0.3) is 0 Å². The lowest BCUT2D eigenvalue weighted by Crippen LogP contribution is -2.54. The Balaban J connectivity index is 1.51. The highest BCUT2D eigenvalue weighted by atomic mass is 16.1. The summed E-state index contributed by atoms with van der Waals surface area (Å²) in [6, 6.07) is 18.7. The van der Waals surface area contributed by atoms with Crippen molar-refractivity contribution in [3.05, 3.63) is 71.3 Å². The maximum absolute atomic E-state index is 11.8. The summed E-state index contributed by atoms with van der Waals surface area (Å²) in [6.45, 7) is 3.84.